The van der Waals surface area contributed by atoms with Crippen LogP contribution in [-0.2, 0) is 65.4 Å². The molecule has 3 N–H and O–H groups in total. The molecule has 105 heavy (non-hydrogen) atoms. The van der Waals surface area contributed by atoms with E-state index < -0.39 is 97.5 Å². The van der Waals surface area contributed by atoms with Crippen LogP contribution in [0.5, 0.6) is 0 Å². The maximum absolute atomic E-state index is 13.1. The van der Waals surface area contributed by atoms with E-state index in [1.54, 1.807) is 0 Å². The minimum absolute atomic E-state index is 0.109. The van der Waals surface area contributed by atoms with Crippen LogP contribution in [0, 0.1) is 5.92 Å². The Morgan fingerprint density at radius 3 is 0.676 bits per heavy atom. The van der Waals surface area contributed by atoms with Crippen molar-refractivity contribution in [3.05, 3.63) is 0 Å². The first-order chi connectivity index (χ1) is 51.1. The summed E-state index contributed by atoms with van der Waals surface area (Å²) in [5, 5.41) is 10.7. The van der Waals surface area contributed by atoms with Crippen LogP contribution in [0.4, 0.5) is 0 Å². The van der Waals surface area contributed by atoms with Crippen molar-refractivity contribution in [3.63, 3.8) is 0 Å². The van der Waals surface area contributed by atoms with Crippen LogP contribution >= 0.6 is 15.6 Å². The summed E-state index contributed by atoms with van der Waals surface area (Å²) in [5.41, 5.74) is 0. The Kier molecular flexibility index (Phi) is 77.3. The van der Waals surface area contributed by atoms with Gasteiger partial charge < -0.3 is 33.8 Å². The second kappa shape index (κ2) is 78.7. The van der Waals surface area contributed by atoms with Crippen LogP contribution in [0.1, 0.15) is 465 Å². The lowest BCUT2D eigenvalue weighted by molar-refractivity contribution is -0.161. The van der Waals surface area contributed by atoms with E-state index in [1.807, 2.05) is 0 Å². The van der Waals surface area contributed by atoms with E-state index >= 15 is 0 Å². The van der Waals surface area contributed by atoms with Crippen molar-refractivity contribution in [1.82, 2.24) is 0 Å². The molecule has 0 bridgehead atoms. The number of hydrogen-bond acceptors (Lipinski definition) is 15. The highest BCUT2D eigenvalue weighted by molar-refractivity contribution is 7.47. The molecule has 3 unspecified atom stereocenters. The van der Waals surface area contributed by atoms with E-state index in [4.69, 9.17) is 37.0 Å². The number of phosphoric acid groups is 2. The van der Waals surface area contributed by atoms with Gasteiger partial charge >= 0.3 is 39.5 Å². The van der Waals surface area contributed by atoms with Gasteiger partial charge in [0.25, 0.3) is 0 Å². The van der Waals surface area contributed by atoms with Crippen LogP contribution in [0.25, 0.3) is 0 Å². The first-order valence-electron chi connectivity index (χ1n) is 44.7. The number of aliphatic hydroxyl groups excluding tert-OH is 1. The van der Waals surface area contributed by atoms with Gasteiger partial charge in [-0.3, -0.25) is 37.3 Å². The number of hydrogen-bond donors (Lipinski definition) is 3. The zero-order chi connectivity index (χ0) is 76.9. The van der Waals surface area contributed by atoms with E-state index in [1.165, 1.54) is 289 Å². The molecule has 17 nitrogen and oxygen atoms in total. The molecule has 6 atom stereocenters. The van der Waals surface area contributed by atoms with Crippen LogP contribution < -0.4 is 0 Å². The summed E-state index contributed by atoms with van der Waals surface area (Å²) in [5.74, 6) is -1.23. The van der Waals surface area contributed by atoms with Crippen molar-refractivity contribution in [1.29, 1.82) is 0 Å². The van der Waals surface area contributed by atoms with Gasteiger partial charge in [-0.2, -0.15) is 0 Å². The molecule has 0 aliphatic rings. The Bertz CT molecular complexity index is 2000. The van der Waals surface area contributed by atoms with E-state index in [-0.39, 0.29) is 25.7 Å². The highest BCUT2D eigenvalue weighted by Gasteiger charge is 2.30. The average molecular weight is 1540 g/mol. The molecule has 0 heterocycles. The van der Waals surface area contributed by atoms with E-state index in [0.717, 1.165) is 95.8 Å². The maximum atomic E-state index is 13.1. The number of rotatable bonds is 86. The van der Waals surface area contributed by atoms with Gasteiger partial charge in [0.2, 0.25) is 0 Å². The Morgan fingerprint density at radius 2 is 0.457 bits per heavy atom. The number of esters is 4. The van der Waals surface area contributed by atoms with E-state index in [2.05, 4.69) is 34.6 Å². The fourth-order valence-corrected chi connectivity index (χ4v) is 15.0. The number of carbonyl (C=O) groups excluding carboxylic acids is 4. The Morgan fingerprint density at radius 1 is 0.267 bits per heavy atom. The normalized spacial score (nSPS) is 14.0. The Hall–Kier alpha value is -1.94. The lowest BCUT2D eigenvalue weighted by Crippen LogP contribution is -2.30. The van der Waals surface area contributed by atoms with Crippen molar-refractivity contribution >= 4 is 39.5 Å². The molecule has 0 aromatic carbocycles. The standard InChI is InChI=1S/C86H168O17P2/c1-6-10-13-16-19-22-25-28-29-32-36-41-45-50-55-60-65-70-84(89)97-76-82(103-86(91)72-67-62-57-52-47-42-37-34-31-30-33-35-40-43-48-53-58-63-68-79(5)9-4)78-101-105(94,95)99-74-80(87)73-98-104(92,93)100-77-81(102-85(90)71-66-61-56-51-46-39-27-24-21-18-15-12-8-3)75-96-83(88)69-64-59-54-49-44-38-26-23-20-17-14-11-7-2/h79-82,87H,6-78H2,1-5H3,(H,92,93)(H,94,95)/t79?,80-,81+,82+/m0/s1. The van der Waals surface area contributed by atoms with Gasteiger partial charge in [-0.25, -0.2) is 9.13 Å². The third-order valence-electron chi connectivity index (χ3n) is 20.6. The molecule has 0 fully saturated rings. The summed E-state index contributed by atoms with van der Waals surface area (Å²) in [6.07, 6.45) is 72.0. The fourth-order valence-electron chi connectivity index (χ4n) is 13.4. The van der Waals surface area contributed by atoms with Crippen molar-refractivity contribution in [3.8, 4) is 0 Å². The zero-order valence-electron chi connectivity index (χ0n) is 68.9. The van der Waals surface area contributed by atoms with Gasteiger partial charge in [-0.05, 0) is 31.6 Å². The lowest BCUT2D eigenvalue weighted by atomic mass is 9.99. The summed E-state index contributed by atoms with van der Waals surface area (Å²) in [6, 6.07) is 0. The molecule has 0 aliphatic carbocycles. The number of aliphatic hydroxyl groups is 1. The molecule has 624 valence electrons. The molecule has 0 saturated carbocycles. The molecule has 0 rings (SSSR count). The van der Waals surface area contributed by atoms with Gasteiger partial charge in [0.15, 0.2) is 12.2 Å². The molecule has 0 saturated heterocycles. The average Bonchev–Trinajstić information content (AvgIpc) is 0.906. The molecule has 19 heteroatoms. The fraction of sp³-hybridized carbons (Fsp3) is 0.953. The van der Waals surface area contributed by atoms with Crippen LogP contribution in [-0.4, -0.2) is 96.7 Å². The second-order valence-electron chi connectivity index (χ2n) is 31.2. The number of ether oxygens (including phenoxy) is 4. The van der Waals surface area contributed by atoms with Gasteiger partial charge in [-0.15, -0.1) is 0 Å². The van der Waals surface area contributed by atoms with Crippen LogP contribution in [0.3, 0.4) is 0 Å². The van der Waals surface area contributed by atoms with Gasteiger partial charge in [0, 0.05) is 25.7 Å². The topological polar surface area (TPSA) is 237 Å². The van der Waals surface area contributed by atoms with Crippen LogP contribution in [0.2, 0.25) is 0 Å². The molecule has 0 spiro atoms. The van der Waals surface area contributed by atoms with E-state index in [0.29, 0.717) is 25.7 Å². The van der Waals surface area contributed by atoms with Crippen LogP contribution in [0.15, 0.2) is 0 Å². The highest BCUT2D eigenvalue weighted by Crippen LogP contribution is 2.45. The second-order valence-corrected chi connectivity index (χ2v) is 34.1. The molecule has 0 aliphatic heterocycles. The van der Waals surface area contributed by atoms with Gasteiger partial charge in [-0.1, -0.05) is 413 Å². The summed E-state index contributed by atoms with van der Waals surface area (Å²) < 4.78 is 68.9. The minimum Gasteiger partial charge on any atom is -0.462 e. The molecular formula is C86H168O17P2. The molecular weight excluding hydrogens is 1370 g/mol. The smallest absolute Gasteiger partial charge is 0.462 e. The highest BCUT2D eigenvalue weighted by atomic mass is 31.2. The number of phosphoric ester groups is 2. The monoisotopic (exact) mass is 1540 g/mol. The van der Waals surface area contributed by atoms with Crippen molar-refractivity contribution < 1.29 is 80.2 Å². The quantitative estimate of drug-likeness (QED) is 0.0222. The third-order valence-corrected chi connectivity index (χ3v) is 22.5. The van der Waals surface area contributed by atoms with Crippen molar-refractivity contribution in [2.24, 2.45) is 5.92 Å². The molecule has 0 aromatic rings. The van der Waals surface area contributed by atoms with Crippen molar-refractivity contribution in [2.45, 2.75) is 483 Å². The van der Waals surface area contributed by atoms with Gasteiger partial charge in [0.05, 0.1) is 26.4 Å². The largest absolute Gasteiger partial charge is 0.472 e. The first kappa shape index (κ1) is 103. The number of carbonyl (C=O) groups is 4. The van der Waals surface area contributed by atoms with E-state index in [9.17, 15) is 43.2 Å². The predicted molar refractivity (Wildman–Crippen MR) is 432 cm³/mol. The summed E-state index contributed by atoms with van der Waals surface area (Å²) >= 11 is 0. The predicted octanol–water partition coefficient (Wildman–Crippen LogP) is 26.4. The summed E-state index contributed by atoms with van der Waals surface area (Å²) in [7, 11) is -9.93. The molecule has 0 radical (unpaired) electrons. The molecule has 0 amide bonds. The summed E-state index contributed by atoms with van der Waals surface area (Å²) in [6.45, 7) is 7.44. The van der Waals surface area contributed by atoms with Gasteiger partial charge in [0.1, 0.15) is 19.3 Å². The van der Waals surface area contributed by atoms with Crippen molar-refractivity contribution in [2.75, 3.05) is 39.6 Å². The third kappa shape index (κ3) is 78.5. The molecule has 0 aromatic heterocycles. The first-order valence-corrected chi connectivity index (χ1v) is 47.7. The maximum Gasteiger partial charge on any atom is 0.472 e. The minimum atomic E-state index is -4.97. The lowest BCUT2D eigenvalue weighted by Gasteiger charge is -2.21. The SMILES string of the molecule is CCCCCCCCCCCCCCCCCCCC(=O)OC[C@H](COP(=O)(O)OC[C@@H](O)COP(=O)(O)OC[C@@H](COC(=O)CCCCCCCCCCCCCCC)OC(=O)CCCCCCCCCCCCCCC)OC(=O)CCCCCCCCCCCCCCCCCCCCC(C)CC. The Labute approximate surface area is 645 Å². The Balaban J connectivity index is 5.23. The number of unbranched alkanes of at least 4 members (excludes halogenated alkanes) is 57. The zero-order valence-corrected chi connectivity index (χ0v) is 70.7. The summed E-state index contributed by atoms with van der Waals surface area (Å²) in [4.78, 5) is 73.2.